The summed E-state index contributed by atoms with van der Waals surface area (Å²) in [6.45, 7) is 6.29. The number of likely N-dealkylation sites (tertiary alicyclic amines) is 1. The van der Waals surface area contributed by atoms with Crippen molar-refractivity contribution in [3.8, 4) is 0 Å². The molecular weight excluding hydrogens is 218 g/mol. The third-order valence-corrected chi connectivity index (χ3v) is 3.23. The van der Waals surface area contributed by atoms with Gasteiger partial charge in [0.25, 0.3) is 0 Å². The summed E-state index contributed by atoms with van der Waals surface area (Å²) in [5.74, 6) is 0.201. The number of nitrogens with zero attached hydrogens (tertiary/aromatic N) is 1. The molecule has 0 atom stereocenters. The number of ether oxygens (including phenoxy) is 2. The number of ketones is 1. The molecule has 0 spiro atoms. The van der Waals surface area contributed by atoms with E-state index in [1.54, 1.807) is 14.0 Å². The van der Waals surface area contributed by atoms with Crippen LogP contribution in [0.4, 0.5) is 0 Å². The van der Waals surface area contributed by atoms with Gasteiger partial charge in [-0.05, 0) is 26.2 Å². The van der Waals surface area contributed by atoms with Crippen LogP contribution in [-0.4, -0.2) is 56.7 Å². The summed E-state index contributed by atoms with van der Waals surface area (Å²) >= 11 is 0. The first-order valence-corrected chi connectivity index (χ1v) is 6.54. The number of carbonyl (C=O) groups is 1. The average molecular weight is 243 g/mol. The third-order valence-electron chi connectivity index (χ3n) is 3.23. The number of carbonyl (C=O) groups excluding carboxylic acids is 1. The minimum atomic E-state index is 0.201. The number of rotatable bonds is 8. The van der Waals surface area contributed by atoms with Crippen molar-refractivity contribution in [3.05, 3.63) is 0 Å². The summed E-state index contributed by atoms with van der Waals surface area (Å²) in [4.78, 5) is 13.1. The lowest BCUT2D eigenvalue weighted by Crippen LogP contribution is -2.37. The molecule has 0 saturated carbocycles. The van der Waals surface area contributed by atoms with Gasteiger partial charge in [-0.15, -0.1) is 0 Å². The summed E-state index contributed by atoms with van der Waals surface area (Å²) in [5, 5.41) is 0. The standard InChI is InChI=1S/C13H25NO3/c1-12(15)6-11-17-10-3-7-14-8-4-13(16-2)5-9-14/h13H,3-11H2,1-2H3. The number of hydrogen-bond acceptors (Lipinski definition) is 4. The summed E-state index contributed by atoms with van der Waals surface area (Å²) in [6, 6.07) is 0. The maximum absolute atomic E-state index is 10.7. The highest BCUT2D eigenvalue weighted by molar-refractivity contribution is 5.75. The number of methoxy groups -OCH3 is 1. The lowest BCUT2D eigenvalue weighted by molar-refractivity contribution is -0.118. The van der Waals surface area contributed by atoms with E-state index in [1.165, 1.54) is 0 Å². The highest BCUT2D eigenvalue weighted by Crippen LogP contribution is 2.12. The molecular formula is C13H25NO3. The molecule has 0 amide bonds. The first-order chi connectivity index (χ1) is 8.22. The van der Waals surface area contributed by atoms with Crippen molar-refractivity contribution in [2.24, 2.45) is 0 Å². The molecule has 0 aromatic rings. The van der Waals surface area contributed by atoms with Gasteiger partial charge in [-0.1, -0.05) is 0 Å². The highest BCUT2D eigenvalue weighted by atomic mass is 16.5. The molecule has 0 radical (unpaired) electrons. The highest BCUT2D eigenvalue weighted by Gasteiger charge is 2.17. The van der Waals surface area contributed by atoms with Crippen molar-refractivity contribution >= 4 is 5.78 Å². The molecule has 0 aliphatic carbocycles. The van der Waals surface area contributed by atoms with Gasteiger partial charge in [0, 0.05) is 39.8 Å². The Hall–Kier alpha value is -0.450. The Balaban J connectivity index is 1.91. The third kappa shape index (κ3) is 6.76. The van der Waals surface area contributed by atoms with Crippen LogP contribution in [0.2, 0.25) is 0 Å². The Bertz CT molecular complexity index is 213. The van der Waals surface area contributed by atoms with Crippen molar-refractivity contribution in [3.63, 3.8) is 0 Å². The Kier molecular flexibility index (Phi) is 7.40. The molecule has 0 N–H and O–H groups in total. The number of piperidine rings is 1. The van der Waals surface area contributed by atoms with Gasteiger partial charge < -0.3 is 14.4 Å². The van der Waals surface area contributed by atoms with Crippen LogP contribution in [0.1, 0.15) is 32.6 Å². The van der Waals surface area contributed by atoms with Gasteiger partial charge >= 0.3 is 0 Å². The normalized spacial score (nSPS) is 18.5. The number of hydrogen-bond donors (Lipinski definition) is 0. The molecule has 1 aliphatic rings. The van der Waals surface area contributed by atoms with Gasteiger partial charge in [-0.2, -0.15) is 0 Å². The van der Waals surface area contributed by atoms with Crippen LogP contribution in [0.15, 0.2) is 0 Å². The van der Waals surface area contributed by atoms with Gasteiger partial charge in [0.15, 0.2) is 0 Å². The average Bonchev–Trinajstić information content (AvgIpc) is 2.34. The second-order valence-electron chi connectivity index (χ2n) is 4.69. The lowest BCUT2D eigenvalue weighted by Gasteiger charge is -2.31. The predicted octanol–water partition coefficient (Wildman–Crippen LogP) is 1.48. The molecule has 1 saturated heterocycles. The van der Waals surface area contributed by atoms with Crippen LogP contribution in [0.5, 0.6) is 0 Å². The van der Waals surface area contributed by atoms with Crippen LogP contribution >= 0.6 is 0 Å². The molecule has 1 heterocycles. The molecule has 0 unspecified atom stereocenters. The van der Waals surface area contributed by atoms with E-state index in [-0.39, 0.29) is 5.78 Å². The smallest absolute Gasteiger partial charge is 0.132 e. The molecule has 0 aromatic heterocycles. The van der Waals surface area contributed by atoms with E-state index < -0.39 is 0 Å². The van der Waals surface area contributed by atoms with Gasteiger partial charge in [0.2, 0.25) is 0 Å². The van der Waals surface area contributed by atoms with Crippen LogP contribution in [0, 0.1) is 0 Å². The van der Waals surface area contributed by atoms with E-state index in [0.717, 1.165) is 45.5 Å². The minimum Gasteiger partial charge on any atom is -0.381 e. The quantitative estimate of drug-likeness (QED) is 0.605. The Morgan fingerprint density at radius 3 is 2.59 bits per heavy atom. The van der Waals surface area contributed by atoms with Crippen LogP contribution in [0.25, 0.3) is 0 Å². The van der Waals surface area contributed by atoms with Crippen LogP contribution in [0.3, 0.4) is 0 Å². The van der Waals surface area contributed by atoms with Crippen molar-refractivity contribution in [2.75, 3.05) is 40.0 Å². The van der Waals surface area contributed by atoms with Gasteiger partial charge in [-0.25, -0.2) is 0 Å². The molecule has 1 fully saturated rings. The largest absolute Gasteiger partial charge is 0.381 e. The van der Waals surface area contributed by atoms with Crippen LogP contribution in [-0.2, 0) is 14.3 Å². The van der Waals surface area contributed by atoms with Crippen molar-refractivity contribution in [1.82, 2.24) is 4.90 Å². The van der Waals surface area contributed by atoms with E-state index in [2.05, 4.69) is 4.90 Å². The van der Waals surface area contributed by atoms with Gasteiger partial charge in [0.1, 0.15) is 5.78 Å². The minimum absolute atomic E-state index is 0.201. The summed E-state index contributed by atoms with van der Waals surface area (Å²) in [7, 11) is 1.79. The maximum atomic E-state index is 10.7. The predicted molar refractivity (Wildman–Crippen MR) is 67.2 cm³/mol. The molecule has 100 valence electrons. The SMILES string of the molecule is COC1CCN(CCCOCCC(C)=O)CC1. The summed E-state index contributed by atoms with van der Waals surface area (Å²) in [5.41, 5.74) is 0. The van der Waals surface area contributed by atoms with E-state index in [1.807, 2.05) is 0 Å². The first-order valence-electron chi connectivity index (χ1n) is 6.54. The fraction of sp³-hybridized carbons (Fsp3) is 0.923. The maximum Gasteiger partial charge on any atom is 0.132 e. The monoisotopic (exact) mass is 243 g/mol. The van der Waals surface area contributed by atoms with E-state index in [4.69, 9.17) is 9.47 Å². The second kappa shape index (κ2) is 8.61. The fourth-order valence-corrected chi connectivity index (χ4v) is 2.08. The Labute approximate surface area is 104 Å². The van der Waals surface area contributed by atoms with E-state index in [9.17, 15) is 4.79 Å². The first kappa shape index (κ1) is 14.6. The van der Waals surface area contributed by atoms with E-state index in [0.29, 0.717) is 19.1 Å². The van der Waals surface area contributed by atoms with Crippen molar-refractivity contribution in [1.29, 1.82) is 0 Å². The number of Topliss-reactive ketones (excluding diaryl/α,β-unsaturated/α-hetero) is 1. The van der Waals surface area contributed by atoms with Crippen molar-refractivity contribution in [2.45, 2.75) is 38.7 Å². The zero-order valence-electron chi connectivity index (χ0n) is 11.1. The molecule has 1 rings (SSSR count). The second-order valence-corrected chi connectivity index (χ2v) is 4.69. The fourth-order valence-electron chi connectivity index (χ4n) is 2.08. The zero-order valence-corrected chi connectivity index (χ0v) is 11.1. The zero-order chi connectivity index (χ0) is 12.5. The van der Waals surface area contributed by atoms with Crippen LogP contribution < -0.4 is 0 Å². The molecule has 4 nitrogen and oxygen atoms in total. The molecule has 1 aliphatic heterocycles. The van der Waals surface area contributed by atoms with Gasteiger partial charge in [0.05, 0.1) is 12.7 Å². The van der Waals surface area contributed by atoms with E-state index >= 15 is 0 Å². The lowest BCUT2D eigenvalue weighted by atomic mass is 10.1. The van der Waals surface area contributed by atoms with Crippen molar-refractivity contribution < 1.29 is 14.3 Å². The molecule has 4 heteroatoms. The Morgan fingerprint density at radius 1 is 1.29 bits per heavy atom. The molecule has 17 heavy (non-hydrogen) atoms. The Morgan fingerprint density at radius 2 is 2.00 bits per heavy atom. The molecule has 0 bridgehead atoms. The topological polar surface area (TPSA) is 38.8 Å². The summed E-state index contributed by atoms with van der Waals surface area (Å²) < 4.78 is 10.7. The summed E-state index contributed by atoms with van der Waals surface area (Å²) in [6.07, 6.45) is 4.33. The van der Waals surface area contributed by atoms with Gasteiger partial charge in [-0.3, -0.25) is 4.79 Å². The molecule has 0 aromatic carbocycles.